The van der Waals surface area contributed by atoms with Gasteiger partial charge in [-0.1, -0.05) is 36.3 Å². The van der Waals surface area contributed by atoms with E-state index in [0.29, 0.717) is 12.3 Å². The van der Waals surface area contributed by atoms with Crippen LogP contribution in [0.2, 0.25) is 0 Å². The van der Waals surface area contributed by atoms with Crippen molar-refractivity contribution in [1.29, 1.82) is 0 Å². The maximum absolute atomic E-state index is 8.76. The maximum Gasteiger partial charge on any atom is 0.189 e. The van der Waals surface area contributed by atoms with Gasteiger partial charge in [0.25, 0.3) is 0 Å². The van der Waals surface area contributed by atoms with Crippen molar-refractivity contribution in [2.75, 3.05) is 0 Å². The Hall–Kier alpha value is -2.56. The van der Waals surface area contributed by atoms with Gasteiger partial charge in [-0.05, 0) is 24.1 Å². The van der Waals surface area contributed by atoms with Gasteiger partial charge in [0.15, 0.2) is 5.84 Å². The van der Waals surface area contributed by atoms with Gasteiger partial charge in [0.1, 0.15) is 18.1 Å². The van der Waals surface area contributed by atoms with Gasteiger partial charge in [-0.3, -0.25) is 4.98 Å². The number of pyridine rings is 1. The average Bonchev–Trinajstić information content (AvgIpc) is 2.52. The molecule has 5 heteroatoms. The van der Waals surface area contributed by atoms with Crippen LogP contribution in [-0.4, -0.2) is 16.0 Å². The zero-order valence-electron chi connectivity index (χ0n) is 11.3. The summed E-state index contributed by atoms with van der Waals surface area (Å²) in [4.78, 5) is 4.11. The van der Waals surface area contributed by atoms with Crippen LogP contribution in [0.25, 0.3) is 0 Å². The molecule has 1 aromatic heterocycles. The van der Waals surface area contributed by atoms with Gasteiger partial charge >= 0.3 is 0 Å². The summed E-state index contributed by atoms with van der Waals surface area (Å²) in [7, 11) is 0. The van der Waals surface area contributed by atoms with Crippen LogP contribution in [0.4, 0.5) is 0 Å². The molecule has 2 rings (SSSR count). The quantitative estimate of drug-likeness (QED) is 0.378. The lowest BCUT2D eigenvalue weighted by Crippen LogP contribution is -2.18. The molecule has 0 saturated carbocycles. The molecule has 0 unspecified atom stereocenters. The van der Waals surface area contributed by atoms with Crippen LogP contribution in [-0.2, 0) is 13.0 Å². The number of hydrogen-bond donors (Lipinski definition) is 2. The van der Waals surface area contributed by atoms with E-state index in [1.807, 2.05) is 30.3 Å². The number of hydrogen-bond acceptors (Lipinski definition) is 4. The van der Waals surface area contributed by atoms with Crippen molar-refractivity contribution in [3.8, 4) is 5.75 Å². The Morgan fingerprint density at radius 2 is 2.00 bits per heavy atom. The average molecular weight is 271 g/mol. The normalized spacial score (nSPS) is 11.3. The molecule has 1 heterocycles. The summed E-state index contributed by atoms with van der Waals surface area (Å²) in [6.07, 6.45) is 2.49. The molecule has 0 amide bonds. The second kappa shape index (κ2) is 6.56. The fourth-order valence-electron chi connectivity index (χ4n) is 1.93. The van der Waals surface area contributed by atoms with Gasteiger partial charge in [0.05, 0.1) is 0 Å². The molecule has 0 fully saturated rings. The molecule has 1 aromatic carbocycles. The monoisotopic (exact) mass is 271 g/mol. The van der Waals surface area contributed by atoms with E-state index in [9.17, 15) is 0 Å². The zero-order valence-corrected chi connectivity index (χ0v) is 11.3. The number of oxime groups is 1. The van der Waals surface area contributed by atoms with Gasteiger partial charge in [-0.25, -0.2) is 0 Å². The van der Waals surface area contributed by atoms with Gasteiger partial charge < -0.3 is 15.7 Å². The topological polar surface area (TPSA) is 80.7 Å². The molecular formula is C15H17N3O2. The number of nitrogens with zero attached hydrogens (tertiary/aromatic N) is 2. The minimum atomic E-state index is -0.0204. The number of amidine groups is 1. The van der Waals surface area contributed by atoms with E-state index in [2.05, 4.69) is 17.1 Å². The van der Waals surface area contributed by atoms with Crippen LogP contribution in [0.3, 0.4) is 0 Å². The van der Waals surface area contributed by atoms with Gasteiger partial charge in [-0.2, -0.15) is 0 Å². The van der Waals surface area contributed by atoms with E-state index < -0.39 is 0 Å². The Balaban J connectivity index is 2.19. The number of aryl methyl sites for hydroxylation is 1. The molecule has 0 atom stereocenters. The van der Waals surface area contributed by atoms with Crippen molar-refractivity contribution in [2.45, 2.75) is 20.0 Å². The van der Waals surface area contributed by atoms with E-state index in [1.54, 1.807) is 12.3 Å². The highest BCUT2D eigenvalue weighted by molar-refractivity contribution is 5.96. The summed E-state index contributed by atoms with van der Waals surface area (Å²) in [6, 6.07) is 11.5. The number of ether oxygens (including phenoxy) is 1. The SMILES string of the molecule is CCc1ccccc1OCc1cccnc1C(N)=NO. The third-order valence-corrected chi connectivity index (χ3v) is 2.98. The summed E-state index contributed by atoms with van der Waals surface area (Å²) >= 11 is 0. The Bertz CT molecular complexity index is 612. The lowest BCUT2D eigenvalue weighted by atomic mass is 10.1. The van der Waals surface area contributed by atoms with Crippen LogP contribution in [0.15, 0.2) is 47.8 Å². The van der Waals surface area contributed by atoms with Crippen LogP contribution in [0.1, 0.15) is 23.7 Å². The van der Waals surface area contributed by atoms with E-state index in [4.69, 9.17) is 15.7 Å². The first-order chi connectivity index (χ1) is 9.76. The lowest BCUT2D eigenvalue weighted by Gasteiger charge is -2.12. The Morgan fingerprint density at radius 1 is 1.25 bits per heavy atom. The summed E-state index contributed by atoms with van der Waals surface area (Å²) < 4.78 is 5.82. The van der Waals surface area contributed by atoms with Crippen LogP contribution < -0.4 is 10.5 Å². The van der Waals surface area contributed by atoms with Gasteiger partial charge in [-0.15, -0.1) is 0 Å². The Labute approximate surface area is 117 Å². The molecule has 0 spiro atoms. The number of rotatable bonds is 5. The Kier molecular flexibility index (Phi) is 4.55. The first kappa shape index (κ1) is 13.9. The molecule has 3 N–H and O–H groups in total. The van der Waals surface area contributed by atoms with Crippen LogP contribution in [0.5, 0.6) is 5.75 Å². The summed E-state index contributed by atoms with van der Waals surface area (Å²) in [5, 5.41) is 11.7. The molecular weight excluding hydrogens is 254 g/mol. The molecule has 20 heavy (non-hydrogen) atoms. The smallest absolute Gasteiger partial charge is 0.189 e. The molecule has 104 valence electrons. The van der Waals surface area contributed by atoms with Crippen molar-refractivity contribution in [1.82, 2.24) is 4.98 Å². The predicted molar refractivity (Wildman–Crippen MR) is 76.9 cm³/mol. The largest absolute Gasteiger partial charge is 0.489 e. The van der Waals surface area contributed by atoms with Crippen LogP contribution >= 0.6 is 0 Å². The van der Waals surface area contributed by atoms with Crippen molar-refractivity contribution in [2.24, 2.45) is 10.9 Å². The van der Waals surface area contributed by atoms with Crippen molar-refractivity contribution >= 4 is 5.84 Å². The molecule has 0 aliphatic heterocycles. The van der Waals surface area contributed by atoms with E-state index >= 15 is 0 Å². The van der Waals surface area contributed by atoms with Gasteiger partial charge in [0.2, 0.25) is 0 Å². The van der Waals surface area contributed by atoms with Crippen molar-refractivity contribution in [3.05, 3.63) is 59.4 Å². The maximum atomic E-state index is 8.76. The molecule has 0 saturated heterocycles. The lowest BCUT2D eigenvalue weighted by molar-refractivity contribution is 0.301. The minimum absolute atomic E-state index is 0.0204. The third-order valence-electron chi connectivity index (χ3n) is 2.98. The molecule has 2 aromatic rings. The highest BCUT2D eigenvalue weighted by Crippen LogP contribution is 2.20. The second-order valence-corrected chi connectivity index (χ2v) is 4.25. The summed E-state index contributed by atoms with van der Waals surface area (Å²) in [5.74, 6) is 0.817. The third kappa shape index (κ3) is 3.06. The number of benzene rings is 1. The molecule has 0 bridgehead atoms. The first-order valence-electron chi connectivity index (χ1n) is 6.38. The van der Waals surface area contributed by atoms with E-state index in [1.165, 1.54) is 0 Å². The molecule has 5 nitrogen and oxygen atoms in total. The Morgan fingerprint density at radius 3 is 2.75 bits per heavy atom. The zero-order chi connectivity index (χ0) is 14.4. The summed E-state index contributed by atoms with van der Waals surface area (Å²) in [5.41, 5.74) is 7.95. The fourth-order valence-corrected chi connectivity index (χ4v) is 1.93. The molecule has 0 aliphatic rings. The highest BCUT2D eigenvalue weighted by Gasteiger charge is 2.09. The highest BCUT2D eigenvalue weighted by atomic mass is 16.5. The molecule has 0 radical (unpaired) electrons. The standard InChI is InChI=1S/C15H17N3O2/c1-2-11-6-3-4-8-13(11)20-10-12-7-5-9-17-14(12)15(16)18-19/h3-9,19H,2,10H2,1H3,(H2,16,18). The molecule has 0 aliphatic carbocycles. The van der Waals surface area contributed by atoms with E-state index in [-0.39, 0.29) is 5.84 Å². The number of para-hydroxylation sites is 1. The first-order valence-corrected chi connectivity index (χ1v) is 6.38. The van der Waals surface area contributed by atoms with E-state index in [0.717, 1.165) is 23.3 Å². The second-order valence-electron chi connectivity index (χ2n) is 4.25. The van der Waals surface area contributed by atoms with Crippen molar-refractivity contribution in [3.63, 3.8) is 0 Å². The predicted octanol–water partition coefficient (Wildman–Crippen LogP) is 2.32. The fraction of sp³-hybridized carbons (Fsp3) is 0.200. The number of nitrogens with two attached hydrogens (primary N) is 1. The summed E-state index contributed by atoms with van der Waals surface area (Å²) in [6.45, 7) is 2.39. The van der Waals surface area contributed by atoms with Crippen LogP contribution in [0, 0.1) is 0 Å². The number of aromatic nitrogens is 1. The van der Waals surface area contributed by atoms with Crippen molar-refractivity contribution < 1.29 is 9.94 Å². The van der Waals surface area contributed by atoms with Gasteiger partial charge in [0, 0.05) is 11.8 Å². The minimum Gasteiger partial charge on any atom is -0.489 e.